The Hall–Kier alpha value is -4.11. The van der Waals surface area contributed by atoms with Gasteiger partial charge in [-0.1, -0.05) is 54.2 Å². The number of phenolic OH excluding ortho intramolecular Hbond substituents is 1. The molecule has 0 radical (unpaired) electrons. The summed E-state index contributed by atoms with van der Waals surface area (Å²) in [6.07, 6.45) is 1.40. The van der Waals surface area contributed by atoms with Gasteiger partial charge in [0.1, 0.15) is 11.5 Å². The van der Waals surface area contributed by atoms with Crippen molar-refractivity contribution in [2.75, 3.05) is 12.4 Å². The molecule has 4 aromatic rings. The van der Waals surface area contributed by atoms with Crippen molar-refractivity contribution < 1.29 is 14.6 Å². The third-order valence-corrected chi connectivity index (χ3v) is 5.66. The van der Waals surface area contributed by atoms with E-state index in [1.54, 1.807) is 24.3 Å². The van der Waals surface area contributed by atoms with Gasteiger partial charge < -0.3 is 9.84 Å². The second-order valence-electron chi connectivity index (χ2n) is 7.08. The normalized spacial score (nSPS) is 11.0. The number of thioether (sulfide) groups is 1. The van der Waals surface area contributed by atoms with Crippen LogP contribution in [-0.2, 0) is 4.79 Å². The van der Waals surface area contributed by atoms with Crippen LogP contribution in [0.2, 0.25) is 0 Å². The molecule has 0 saturated carbocycles. The molecule has 1 heterocycles. The minimum absolute atomic E-state index is 0.0854. The molecule has 1 amide bonds. The highest BCUT2D eigenvalue weighted by Crippen LogP contribution is 2.28. The van der Waals surface area contributed by atoms with Gasteiger partial charge in [0.2, 0.25) is 0 Å². The Balaban J connectivity index is 1.51. The molecule has 2 N–H and O–H groups in total. The number of carbonyl (C=O) groups excluding carboxylic acids is 1. The van der Waals surface area contributed by atoms with Crippen molar-refractivity contribution in [3.05, 3.63) is 84.4 Å². The zero-order chi connectivity index (χ0) is 23.8. The summed E-state index contributed by atoms with van der Waals surface area (Å²) in [7, 11) is 0. The van der Waals surface area contributed by atoms with Gasteiger partial charge in [-0.05, 0) is 43.3 Å². The number of carbonyl (C=O) groups is 1. The number of nitrogens with one attached hydrogen (secondary N) is 1. The molecule has 1 aromatic heterocycles. The quantitative estimate of drug-likeness (QED) is 0.214. The van der Waals surface area contributed by atoms with E-state index in [2.05, 4.69) is 20.7 Å². The van der Waals surface area contributed by atoms with Gasteiger partial charge in [0.05, 0.1) is 18.6 Å². The highest BCUT2D eigenvalue weighted by atomic mass is 32.2. The fourth-order valence-electron chi connectivity index (χ4n) is 3.16. The number of para-hydroxylation sites is 1. The monoisotopic (exact) mass is 473 g/mol. The second kappa shape index (κ2) is 11.2. The number of amides is 1. The number of benzene rings is 3. The van der Waals surface area contributed by atoms with Crippen LogP contribution >= 0.6 is 11.8 Å². The van der Waals surface area contributed by atoms with Crippen LogP contribution in [0.4, 0.5) is 0 Å². The first kappa shape index (κ1) is 23.1. The summed E-state index contributed by atoms with van der Waals surface area (Å²) in [5, 5.41) is 23.0. The predicted octanol–water partition coefficient (Wildman–Crippen LogP) is 4.28. The van der Waals surface area contributed by atoms with Crippen molar-refractivity contribution in [3.63, 3.8) is 0 Å². The lowest BCUT2D eigenvalue weighted by atomic mass is 10.2. The van der Waals surface area contributed by atoms with Gasteiger partial charge in [0, 0.05) is 16.8 Å². The summed E-state index contributed by atoms with van der Waals surface area (Å²) < 4.78 is 7.46. The topological polar surface area (TPSA) is 102 Å². The molecule has 34 heavy (non-hydrogen) atoms. The Kier molecular flexibility index (Phi) is 7.56. The molecule has 0 aliphatic heterocycles. The van der Waals surface area contributed by atoms with Crippen LogP contribution in [0.15, 0.2) is 89.1 Å². The number of hydrogen-bond acceptors (Lipinski definition) is 7. The smallest absolute Gasteiger partial charge is 0.250 e. The number of aromatic nitrogens is 3. The van der Waals surface area contributed by atoms with Crippen molar-refractivity contribution in [1.29, 1.82) is 0 Å². The average Bonchev–Trinajstić information content (AvgIpc) is 3.29. The minimum atomic E-state index is -0.306. The first-order valence-corrected chi connectivity index (χ1v) is 11.6. The number of hydrazone groups is 1. The van der Waals surface area contributed by atoms with Crippen molar-refractivity contribution >= 4 is 23.9 Å². The number of phenols is 1. The molecule has 8 nitrogen and oxygen atoms in total. The molecule has 0 saturated heterocycles. The van der Waals surface area contributed by atoms with Crippen LogP contribution in [0.1, 0.15) is 12.5 Å². The van der Waals surface area contributed by atoms with E-state index in [4.69, 9.17) is 4.74 Å². The van der Waals surface area contributed by atoms with E-state index >= 15 is 0 Å². The molecule has 0 aliphatic rings. The van der Waals surface area contributed by atoms with Crippen molar-refractivity contribution in [2.45, 2.75) is 12.1 Å². The summed E-state index contributed by atoms with van der Waals surface area (Å²) in [4.78, 5) is 12.4. The van der Waals surface area contributed by atoms with E-state index in [0.717, 1.165) is 17.0 Å². The van der Waals surface area contributed by atoms with Gasteiger partial charge in [-0.3, -0.25) is 9.36 Å². The standard InChI is InChI=1S/C25H23N5O3S/c1-2-33-21-14-12-20(13-15-21)30-24(18-8-4-3-5-9-18)28-29-25(30)34-17-23(32)27-26-16-19-10-6-7-11-22(19)31/h3-16,31H,2,17H2,1H3,(H,27,32)/b26-16+. The van der Waals surface area contributed by atoms with Crippen LogP contribution in [0.25, 0.3) is 17.1 Å². The molecular formula is C25H23N5O3S. The summed E-state index contributed by atoms with van der Waals surface area (Å²) >= 11 is 1.25. The van der Waals surface area contributed by atoms with E-state index in [0.29, 0.717) is 23.2 Å². The maximum Gasteiger partial charge on any atom is 0.250 e. The Labute approximate surface area is 201 Å². The molecule has 9 heteroatoms. The zero-order valence-electron chi connectivity index (χ0n) is 18.5. The highest BCUT2D eigenvalue weighted by molar-refractivity contribution is 7.99. The first-order chi connectivity index (χ1) is 16.7. The zero-order valence-corrected chi connectivity index (χ0v) is 19.3. The Morgan fingerprint density at radius 3 is 2.53 bits per heavy atom. The Bertz CT molecular complexity index is 1270. The SMILES string of the molecule is CCOc1ccc(-n2c(SCC(=O)N/N=C/c3ccccc3O)nnc2-c2ccccc2)cc1. The van der Waals surface area contributed by atoms with Crippen LogP contribution < -0.4 is 10.2 Å². The fraction of sp³-hybridized carbons (Fsp3) is 0.120. The van der Waals surface area contributed by atoms with Gasteiger partial charge in [-0.2, -0.15) is 5.10 Å². The number of hydrogen-bond donors (Lipinski definition) is 2. The summed E-state index contributed by atoms with van der Waals surface area (Å²) in [6.45, 7) is 2.53. The number of rotatable bonds is 9. The first-order valence-electron chi connectivity index (χ1n) is 10.6. The van der Waals surface area contributed by atoms with Crippen molar-refractivity contribution in [2.24, 2.45) is 5.10 Å². The molecule has 0 bridgehead atoms. The molecule has 172 valence electrons. The maximum absolute atomic E-state index is 12.4. The third-order valence-electron chi connectivity index (χ3n) is 4.73. The number of nitrogens with zero attached hydrogens (tertiary/aromatic N) is 4. The van der Waals surface area contributed by atoms with Crippen molar-refractivity contribution in [3.8, 4) is 28.6 Å². The minimum Gasteiger partial charge on any atom is -0.507 e. The fourth-order valence-corrected chi connectivity index (χ4v) is 3.91. The molecular weight excluding hydrogens is 450 g/mol. The molecule has 0 spiro atoms. The Morgan fingerprint density at radius 2 is 1.79 bits per heavy atom. The lowest BCUT2D eigenvalue weighted by Crippen LogP contribution is -2.20. The largest absolute Gasteiger partial charge is 0.507 e. The highest BCUT2D eigenvalue weighted by Gasteiger charge is 2.17. The molecule has 3 aromatic carbocycles. The van der Waals surface area contributed by atoms with Gasteiger partial charge in [0.15, 0.2) is 11.0 Å². The van der Waals surface area contributed by atoms with Crippen LogP contribution in [-0.4, -0.2) is 44.4 Å². The van der Waals surface area contributed by atoms with Crippen LogP contribution in [0.5, 0.6) is 11.5 Å². The van der Waals surface area contributed by atoms with E-state index in [1.165, 1.54) is 18.0 Å². The van der Waals surface area contributed by atoms with Gasteiger partial charge in [-0.25, -0.2) is 5.43 Å². The van der Waals surface area contributed by atoms with E-state index in [-0.39, 0.29) is 17.4 Å². The number of aromatic hydroxyl groups is 1. The summed E-state index contributed by atoms with van der Waals surface area (Å²) in [5.74, 6) is 1.31. The number of ether oxygens (including phenoxy) is 1. The van der Waals surface area contributed by atoms with Gasteiger partial charge >= 0.3 is 0 Å². The van der Waals surface area contributed by atoms with Crippen LogP contribution in [0, 0.1) is 0 Å². The molecule has 0 atom stereocenters. The lowest BCUT2D eigenvalue weighted by Gasteiger charge is -2.11. The summed E-state index contributed by atoms with van der Waals surface area (Å²) in [6, 6.07) is 24.1. The maximum atomic E-state index is 12.4. The average molecular weight is 474 g/mol. The molecule has 4 rings (SSSR count). The second-order valence-corrected chi connectivity index (χ2v) is 8.02. The van der Waals surface area contributed by atoms with Gasteiger partial charge in [0.25, 0.3) is 5.91 Å². The predicted molar refractivity (Wildman–Crippen MR) is 133 cm³/mol. The van der Waals surface area contributed by atoms with Crippen LogP contribution in [0.3, 0.4) is 0 Å². The molecule has 0 fully saturated rings. The molecule has 0 unspecified atom stereocenters. The Morgan fingerprint density at radius 1 is 1.06 bits per heavy atom. The third kappa shape index (κ3) is 5.62. The van der Waals surface area contributed by atoms with Gasteiger partial charge in [-0.15, -0.1) is 10.2 Å². The van der Waals surface area contributed by atoms with E-state index in [1.807, 2.05) is 66.1 Å². The van der Waals surface area contributed by atoms with Crippen molar-refractivity contribution in [1.82, 2.24) is 20.2 Å². The van der Waals surface area contributed by atoms with E-state index < -0.39 is 0 Å². The summed E-state index contributed by atoms with van der Waals surface area (Å²) in [5.41, 5.74) is 4.75. The lowest BCUT2D eigenvalue weighted by molar-refractivity contribution is -0.118. The molecule has 0 aliphatic carbocycles. The van der Waals surface area contributed by atoms with E-state index in [9.17, 15) is 9.90 Å².